The van der Waals surface area contributed by atoms with Crippen molar-refractivity contribution in [2.45, 2.75) is 63.7 Å². The van der Waals surface area contributed by atoms with E-state index in [4.69, 9.17) is 4.74 Å². The van der Waals surface area contributed by atoms with Crippen molar-refractivity contribution in [3.05, 3.63) is 12.2 Å². The molecule has 2 rings (SSSR count). The Labute approximate surface area is 108 Å². The molecule has 1 aliphatic rings. The molecule has 0 saturated heterocycles. The number of rotatable bonds is 5. The van der Waals surface area contributed by atoms with Crippen molar-refractivity contribution in [2.24, 2.45) is 0 Å². The van der Waals surface area contributed by atoms with Gasteiger partial charge in [-0.2, -0.15) is 5.10 Å². The van der Waals surface area contributed by atoms with Crippen molar-refractivity contribution in [2.75, 3.05) is 7.11 Å². The zero-order valence-corrected chi connectivity index (χ0v) is 11.3. The van der Waals surface area contributed by atoms with E-state index in [0.717, 1.165) is 44.5 Å². The molecule has 1 aromatic heterocycles. The third-order valence-electron chi connectivity index (χ3n) is 3.81. The highest BCUT2D eigenvalue weighted by Crippen LogP contribution is 2.32. The average Bonchev–Trinajstić information content (AvgIpc) is 2.77. The summed E-state index contributed by atoms with van der Waals surface area (Å²) >= 11 is 0. The van der Waals surface area contributed by atoms with Gasteiger partial charge in [0.1, 0.15) is 12.2 Å². The van der Waals surface area contributed by atoms with Crippen molar-refractivity contribution >= 4 is 0 Å². The Morgan fingerprint density at radius 1 is 1.56 bits per heavy atom. The topological polar surface area (TPSA) is 60.2 Å². The van der Waals surface area contributed by atoms with E-state index in [1.165, 1.54) is 0 Å². The van der Waals surface area contributed by atoms with Crippen LogP contribution in [0, 0.1) is 0 Å². The van der Waals surface area contributed by atoms with Crippen LogP contribution in [0.25, 0.3) is 0 Å². The molecule has 2 unspecified atom stereocenters. The van der Waals surface area contributed by atoms with Crippen LogP contribution in [0.4, 0.5) is 0 Å². The van der Waals surface area contributed by atoms with Gasteiger partial charge in [0.05, 0.1) is 11.7 Å². The highest BCUT2D eigenvalue weighted by molar-refractivity contribution is 5.00. The quantitative estimate of drug-likeness (QED) is 0.865. The number of methoxy groups -OCH3 is 1. The Hall–Kier alpha value is -0.940. The molecule has 1 heterocycles. The number of aromatic nitrogens is 3. The smallest absolute Gasteiger partial charge is 0.138 e. The van der Waals surface area contributed by atoms with Gasteiger partial charge in [-0.3, -0.25) is 4.68 Å². The summed E-state index contributed by atoms with van der Waals surface area (Å²) in [5, 5.41) is 15.0. The molecule has 2 atom stereocenters. The molecule has 1 N–H and O–H groups in total. The minimum Gasteiger partial charge on any atom is -0.387 e. The molecule has 0 amide bonds. The van der Waals surface area contributed by atoms with Gasteiger partial charge in [-0.25, -0.2) is 4.98 Å². The minimum atomic E-state index is -0.786. The predicted octanol–water partition coefficient (Wildman–Crippen LogP) is 1.55. The van der Waals surface area contributed by atoms with Gasteiger partial charge in [-0.05, 0) is 19.3 Å². The van der Waals surface area contributed by atoms with Gasteiger partial charge in [0.25, 0.3) is 0 Å². The summed E-state index contributed by atoms with van der Waals surface area (Å²) < 4.78 is 7.34. The van der Waals surface area contributed by atoms with E-state index in [1.54, 1.807) is 13.4 Å². The van der Waals surface area contributed by atoms with Gasteiger partial charge < -0.3 is 9.84 Å². The fraction of sp³-hybridized carbons (Fsp3) is 0.846. The van der Waals surface area contributed by atoms with Crippen molar-refractivity contribution < 1.29 is 9.84 Å². The van der Waals surface area contributed by atoms with Crippen LogP contribution in [-0.2, 0) is 17.7 Å². The molecule has 1 fully saturated rings. The van der Waals surface area contributed by atoms with E-state index in [0.29, 0.717) is 6.42 Å². The van der Waals surface area contributed by atoms with E-state index in [2.05, 4.69) is 17.0 Å². The number of ether oxygens (including phenoxy) is 1. The zero-order valence-electron chi connectivity index (χ0n) is 11.3. The third kappa shape index (κ3) is 2.72. The Balaban J connectivity index is 2.12. The second-order valence-corrected chi connectivity index (χ2v) is 5.15. The number of aliphatic hydroxyl groups is 1. The number of nitrogens with zero attached hydrogens (tertiary/aromatic N) is 3. The molecule has 5 heteroatoms. The Bertz CT molecular complexity index is 380. The number of hydrogen-bond donors (Lipinski definition) is 1. The summed E-state index contributed by atoms with van der Waals surface area (Å²) in [4.78, 5) is 4.28. The van der Waals surface area contributed by atoms with E-state index in [9.17, 15) is 5.11 Å². The van der Waals surface area contributed by atoms with E-state index in [-0.39, 0.29) is 6.10 Å². The molecule has 0 bridgehead atoms. The molecule has 0 spiro atoms. The van der Waals surface area contributed by atoms with Crippen LogP contribution < -0.4 is 0 Å². The highest BCUT2D eigenvalue weighted by Gasteiger charge is 2.40. The second kappa shape index (κ2) is 5.80. The molecule has 1 aliphatic carbocycles. The lowest BCUT2D eigenvalue weighted by atomic mass is 9.79. The summed E-state index contributed by atoms with van der Waals surface area (Å²) in [7, 11) is 1.68. The minimum absolute atomic E-state index is 0.0852. The average molecular weight is 253 g/mol. The van der Waals surface area contributed by atoms with Crippen LogP contribution in [-0.4, -0.2) is 38.7 Å². The van der Waals surface area contributed by atoms with Crippen molar-refractivity contribution in [1.29, 1.82) is 0 Å². The van der Waals surface area contributed by atoms with Crippen LogP contribution in [0.15, 0.2) is 6.33 Å². The number of hydrogen-bond acceptors (Lipinski definition) is 4. The van der Waals surface area contributed by atoms with Gasteiger partial charge in [0.2, 0.25) is 0 Å². The van der Waals surface area contributed by atoms with Crippen LogP contribution in [0.1, 0.15) is 44.9 Å². The van der Waals surface area contributed by atoms with Crippen LogP contribution in [0.5, 0.6) is 0 Å². The predicted molar refractivity (Wildman–Crippen MR) is 68.2 cm³/mol. The van der Waals surface area contributed by atoms with Gasteiger partial charge >= 0.3 is 0 Å². The third-order valence-corrected chi connectivity index (χ3v) is 3.81. The molecular formula is C13H23N3O2. The molecule has 0 aromatic carbocycles. The van der Waals surface area contributed by atoms with E-state index in [1.807, 2.05) is 4.68 Å². The summed E-state index contributed by atoms with van der Waals surface area (Å²) in [6.07, 6.45) is 6.92. The summed E-state index contributed by atoms with van der Waals surface area (Å²) in [6, 6.07) is 0. The molecule has 1 saturated carbocycles. The van der Waals surface area contributed by atoms with Gasteiger partial charge in [0.15, 0.2) is 0 Å². The van der Waals surface area contributed by atoms with Crippen LogP contribution in [0.2, 0.25) is 0 Å². The first-order valence-electron chi connectivity index (χ1n) is 6.81. The second-order valence-electron chi connectivity index (χ2n) is 5.15. The first-order valence-corrected chi connectivity index (χ1v) is 6.81. The van der Waals surface area contributed by atoms with Gasteiger partial charge in [-0.1, -0.05) is 19.8 Å². The Morgan fingerprint density at radius 2 is 2.39 bits per heavy atom. The molecule has 1 aromatic rings. The lowest BCUT2D eigenvalue weighted by Gasteiger charge is -2.38. The van der Waals surface area contributed by atoms with Crippen molar-refractivity contribution in [3.8, 4) is 0 Å². The maximum atomic E-state index is 10.8. The van der Waals surface area contributed by atoms with Crippen molar-refractivity contribution in [1.82, 2.24) is 14.8 Å². The molecule has 0 radical (unpaired) electrons. The standard InChI is InChI=1S/C13H23N3O2/c1-3-8-16-12(14-10-15-16)9-13(17)7-5-4-6-11(13)18-2/h10-11,17H,3-9H2,1-2H3. The zero-order chi connectivity index (χ0) is 13.0. The first-order chi connectivity index (χ1) is 8.69. The summed E-state index contributed by atoms with van der Waals surface area (Å²) in [5.74, 6) is 0.864. The maximum Gasteiger partial charge on any atom is 0.138 e. The monoisotopic (exact) mass is 253 g/mol. The molecular weight excluding hydrogens is 230 g/mol. The van der Waals surface area contributed by atoms with Crippen LogP contribution in [0.3, 0.4) is 0 Å². The number of aryl methyl sites for hydroxylation is 1. The molecule has 102 valence electrons. The summed E-state index contributed by atoms with van der Waals surface area (Å²) in [6.45, 7) is 2.96. The Morgan fingerprint density at radius 3 is 3.11 bits per heavy atom. The Kier molecular flexibility index (Phi) is 4.35. The first kappa shape index (κ1) is 13.5. The van der Waals surface area contributed by atoms with Gasteiger partial charge in [0, 0.05) is 20.1 Å². The van der Waals surface area contributed by atoms with Crippen LogP contribution >= 0.6 is 0 Å². The van der Waals surface area contributed by atoms with E-state index < -0.39 is 5.60 Å². The SMILES string of the molecule is CCCn1ncnc1CC1(O)CCCCC1OC. The molecule has 18 heavy (non-hydrogen) atoms. The summed E-state index contributed by atoms with van der Waals surface area (Å²) in [5.41, 5.74) is -0.786. The lowest BCUT2D eigenvalue weighted by molar-refractivity contribution is -0.117. The van der Waals surface area contributed by atoms with Crippen molar-refractivity contribution in [3.63, 3.8) is 0 Å². The maximum absolute atomic E-state index is 10.8. The molecule has 5 nitrogen and oxygen atoms in total. The fourth-order valence-electron chi connectivity index (χ4n) is 2.83. The largest absolute Gasteiger partial charge is 0.387 e. The molecule has 0 aliphatic heterocycles. The lowest BCUT2D eigenvalue weighted by Crippen LogP contribution is -2.48. The normalized spacial score (nSPS) is 28.5. The fourth-order valence-corrected chi connectivity index (χ4v) is 2.83. The van der Waals surface area contributed by atoms with E-state index >= 15 is 0 Å². The van der Waals surface area contributed by atoms with Gasteiger partial charge in [-0.15, -0.1) is 0 Å². The highest BCUT2D eigenvalue weighted by atomic mass is 16.5.